The fraction of sp³-hybridized carbons (Fsp3) is 0.111. The van der Waals surface area contributed by atoms with Gasteiger partial charge in [0.15, 0.2) is 0 Å². The van der Waals surface area contributed by atoms with Crippen LogP contribution in [-0.2, 0) is 6.54 Å². The average molecular weight is 336 g/mol. The van der Waals surface area contributed by atoms with Gasteiger partial charge >= 0.3 is 0 Å². The summed E-state index contributed by atoms with van der Waals surface area (Å²) in [6, 6.07) is 10.2. The molecule has 7 nitrogen and oxygen atoms in total. The number of benzene rings is 1. The van der Waals surface area contributed by atoms with Crippen molar-refractivity contribution in [2.45, 2.75) is 13.5 Å². The molecule has 0 saturated carbocycles. The lowest BCUT2D eigenvalue weighted by atomic mass is 10.1. The van der Waals surface area contributed by atoms with Crippen molar-refractivity contribution >= 4 is 17.5 Å². The maximum Gasteiger partial charge on any atom is 0.270 e. The van der Waals surface area contributed by atoms with Crippen molar-refractivity contribution in [3.63, 3.8) is 0 Å². The summed E-state index contributed by atoms with van der Waals surface area (Å²) >= 11 is 0. The van der Waals surface area contributed by atoms with Crippen LogP contribution in [0.3, 0.4) is 0 Å². The summed E-state index contributed by atoms with van der Waals surface area (Å²) < 4.78 is 1.35. The standard InChI is InChI=1S/C18H16N4O3/c1-11-5-6-15-20-9-14(18(25)22(15)10-11)17(24)21-8-12-3-2-4-13(7-12)16(19)23/h2-7,9-10H,8H2,1H3,(H2,19,23)(H,21,24). The molecule has 2 heterocycles. The molecule has 0 spiro atoms. The lowest BCUT2D eigenvalue weighted by Gasteiger charge is -2.07. The quantitative estimate of drug-likeness (QED) is 0.742. The number of aryl methyl sites for hydroxylation is 1. The minimum absolute atomic E-state index is 0.0471. The molecule has 2 aromatic heterocycles. The summed E-state index contributed by atoms with van der Waals surface area (Å²) in [5.41, 5.74) is 7.17. The number of pyridine rings is 1. The molecule has 0 radical (unpaired) electrons. The van der Waals surface area contributed by atoms with E-state index in [9.17, 15) is 14.4 Å². The molecule has 3 aromatic rings. The molecule has 0 atom stereocenters. The van der Waals surface area contributed by atoms with Gasteiger partial charge in [-0.3, -0.25) is 18.8 Å². The predicted octanol–water partition coefficient (Wildman–Crippen LogP) is 1.03. The molecule has 0 aliphatic carbocycles. The van der Waals surface area contributed by atoms with Gasteiger partial charge in [0.05, 0.1) is 0 Å². The number of nitrogens with zero attached hydrogens (tertiary/aromatic N) is 2. The summed E-state index contributed by atoms with van der Waals surface area (Å²) in [5.74, 6) is -1.07. The molecule has 2 amide bonds. The van der Waals surface area contributed by atoms with E-state index in [-0.39, 0.29) is 12.1 Å². The number of primary amides is 1. The SMILES string of the molecule is Cc1ccc2ncc(C(=O)NCc3cccc(C(N)=O)c3)c(=O)n2c1. The number of hydrogen-bond acceptors (Lipinski definition) is 4. The van der Waals surface area contributed by atoms with Crippen molar-refractivity contribution in [1.29, 1.82) is 0 Å². The van der Waals surface area contributed by atoms with Crippen LogP contribution in [0.4, 0.5) is 0 Å². The van der Waals surface area contributed by atoms with Gasteiger partial charge in [0.25, 0.3) is 11.5 Å². The van der Waals surface area contributed by atoms with Gasteiger partial charge in [-0.05, 0) is 36.2 Å². The van der Waals surface area contributed by atoms with Crippen molar-refractivity contribution in [3.8, 4) is 0 Å². The number of aromatic nitrogens is 2. The summed E-state index contributed by atoms with van der Waals surface area (Å²) in [4.78, 5) is 40.1. The number of carbonyl (C=O) groups is 2. The van der Waals surface area contributed by atoms with Crippen LogP contribution >= 0.6 is 0 Å². The van der Waals surface area contributed by atoms with E-state index in [0.29, 0.717) is 16.8 Å². The van der Waals surface area contributed by atoms with Gasteiger partial charge in [0.2, 0.25) is 5.91 Å². The number of fused-ring (bicyclic) bond motifs is 1. The lowest BCUT2D eigenvalue weighted by Crippen LogP contribution is -2.31. The lowest BCUT2D eigenvalue weighted by molar-refractivity contribution is 0.0948. The maximum atomic E-state index is 12.5. The Kier molecular flexibility index (Phi) is 4.30. The van der Waals surface area contributed by atoms with Crippen LogP contribution < -0.4 is 16.6 Å². The molecule has 126 valence electrons. The van der Waals surface area contributed by atoms with Gasteiger partial charge in [0.1, 0.15) is 11.2 Å². The topological polar surface area (TPSA) is 107 Å². The molecule has 3 rings (SSSR count). The van der Waals surface area contributed by atoms with Crippen LogP contribution in [0.1, 0.15) is 31.8 Å². The summed E-state index contributed by atoms with van der Waals surface area (Å²) in [5, 5.41) is 2.66. The molecular formula is C18H16N4O3. The summed E-state index contributed by atoms with van der Waals surface area (Å²) in [6.45, 7) is 2.01. The fourth-order valence-electron chi connectivity index (χ4n) is 2.45. The van der Waals surface area contributed by atoms with Crippen LogP contribution in [0.2, 0.25) is 0 Å². The van der Waals surface area contributed by atoms with E-state index in [2.05, 4.69) is 10.3 Å². The van der Waals surface area contributed by atoms with E-state index in [1.807, 2.05) is 13.0 Å². The molecule has 0 aliphatic rings. The Morgan fingerprint density at radius 2 is 2.04 bits per heavy atom. The zero-order chi connectivity index (χ0) is 18.0. The van der Waals surface area contributed by atoms with Crippen molar-refractivity contribution < 1.29 is 9.59 Å². The van der Waals surface area contributed by atoms with Gasteiger partial charge in [-0.2, -0.15) is 0 Å². The highest BCUT2D eigenvalue weighted by atomic mass is 16.2. The van der Waals surface area contributed by atoms with Gasteiger partial charge in [-0.1, -0.05) is 18.2 Å². The molecular weight excluding hydrogens is 320 g/mol. The molecule has 7 heteroatoms. The minimum Gasteiger partial charge on any atom is -0.366 e. The first-order chi connectivity index (χ1) is 12.0. The second kappa shape index (κ2) is 6.56. The van der Waals surface area contributed by atoms with Gasteiger partial charge in [0, 0.05) is 24.5 Å². The number of hydrogen-bond donors (Lipinski definition) is 2. The van der Waals surface area contributed by atoms with Crippen LogP contribution in [0.15, 0.2) is 53.6 Å². The Balaban J connectivity index is 1.83. The summed E-state index contributed by atoms with van der Waals surface area (Å²) in [6.07, 6.45) is 2.90. The molecule has 0 saturated heterocycles. The number of nitrogens with two attached hydrogens (primary N) is 1. The third-order valence-electron chi connectivity index (χ3n) is 3.76. The summed E-state index contributed by atoms with van der Waals surface area (Å²) in [7, 11) is 0. The van der Waals surface area contributed by atoms with E-state index < -0.39 is 17.4 Å². The predicted molar refractivity (Wildman–Crippen MR) is 92.3 cm³/mol. The Hall–Kier alpha value is -3.48. The van der Waals surface area contributed by atoms with Crippen molar-refractivity contribution in [1.82, 2.24) is 14.7 Å². The molecule has 0 fully saturated rings. The smallest absolute Gasteiger partial charge is 0.270 e. The van der Waals surface area contributed by atoms with E-state index in [1.54, 1.807) is 36.5 Å². The van der Waals surface area contributed by atoms with Crippen molar-refractivity contribution in [2.24, 2.45) is 5.73 Å². The first kappa shape index (κ1) is 16.4. The minimum atomic E-state index is -0.541. The zero-order valence-electron chi connectivity index (χ0n) is 13.5. The second-order valence-electron chi connectivity index (χ2n) is 5.66. The monoisotopic (exact) mass is 336 g/mol. The zero-order valence-corrected chi connectivity index (χ0v) is 13.5. The van der Waals surface area contributed by atoms with Crippen LogP contribution in [0.25, 0.3) is 5.65 Å². The number of carbonyl (C=O) groups excluding carboxylic acids is 2. The fourth-order valence-corrected chi connectivity index (χ4v) is 2.45. The Morgan fingerprint density at radius 3 is 2.80 bits per heavy atom. The van der Waals surface area contributed by atoms with Crippen LogP contribution in [0, 0.1) is 6.92 Å². The second-order valence-corrected chi connectivity index (χ2v) is 5.66. The largest absolute Gasteiger partial charge is 0.366 e. The first-order valence-corrected chi connectivity index (χ1v) is 7.60. The van der Waals surface area contributed by atoms with Gasteiger partial charge in [-0.25, -0.2) is 4.98 Å². The van der Waals surface area contributed by atoms with E-state index in [1.165, 1.54) is 10.6 Å². The molecule has 25 heavy (non-hydrogen) atoms. The highest BCUT2D eigenvalue weighted by Gasteiger charge is 2.13. The number of rotatable bonds is 4. The molecule has 0 unspecified atom stereocenters. The van der Waals surface area contributed by atoms with Crippen LogP contribution in [0.5, 0.6) is 0 Å². The number of nitrogens with one attached hydrogen (secondary N) is 1. The van der Waals surface area contributed by atoms with Crippen molar-refractivity contribution in [3.05, 3.63) is 81.4 Å². The highest BCUT2D eigenvalue weighted by molar-refractivity contribution is 5.94. The molecule has 0 bridgehead atoms. The van der Waals surface area contributed by atoms with E-state index >= 15 is 0 Å². The first-order valence-electron chi connectivity index (χ1n) is 7.60. The van der Waals surface area contributed by atoms with Gasteiger partial charge < -0.3 is 11.1 Å². The molecule has 3 N–H and O–H groups in total. The molecule has 0 aliphatic heterocycles. The Bertz CT molecular complexity index is 1040. The number of amides is 2. The van der Waals surface area contributed by atoms with Crippen molar-refractivity contribution in [2.75, 3.05) is 0 Å². The average Bonchev–Trinajstić information content (AvgIpc) is 2.60. The van der Waals surface area contributed by atoms with Gasteiger partial charge in [-0.15, -0.1) is 0 Å². The normalized spacial score (nSPS) is 10.6. The van der Waals surface area contributed by atoms with Crippen LogP contribution in [-0.4, -0.2) is 21.2 Å². The Morgan fingerprint density at radius 1 is 1.24 bits per heavy atom. The van der Waals surface area contributed by atoms with E-state index in [0.717, 1.165) is 5.56 Å². The highest BCUT2D eigenvalue weighted by Crippen LogP contribution is 2.05. The third-order valence-corrected chi connectivity index (χ3v) is 3.76. The molecule has 1 aromatic carbocycles. The van der Waals surface area contributed by atoms with E-state index in [4.69, 9.17) is 5.73 Å². The maximum absolute atomic E-state index is 12.5. The third kappa shape index (κ3) is 3.40. The Labute approximate surface area is 143 Å².